The Bertz CT molecular complexity index is 1250. The second-order valence-electron chi connectivity index (χ2n) is 8.12. The molecule has 4 rings (SSSR count). The van der Waals surface area contributed by atoms with Crippen LogP contribution < -0.4 is 20.2 Å². The highest BCUT2D eigenvalue weighted by atomic mass is 32.1. The van der Waals surface area contributed by atoms with Crippen LogP contribution in [-0.4, -0.2) is 17.9 Å². The van der Waals surface area contributed by atoms with Crippen molar-refractivity contribution in [3.63, 3.8) is 0 Å². The fraction of sp³-hybridized carbons (Fsp3) is 0.133. The van der Waals surface area contributed by atoms with Crippen LogP contribution in [-0.2, 0) is 19.6 Å². The number of benzene rings is 4. The van der Waals surface area contributed by atoms with Gasteiger partial charge in [0.05, 0.1) is 6.21 Å². The third kappa shape index (κ3) is 8.25. The van der Waals surface area contributed by atoms with E-state index < -0.39 is 0 Å². The Labute approximate surface area is 217 Å². The minimum Gasteiger partial charge on any atom is -0.485 e. The molecule has 0 saturated carbocycles. The van der Waals surface area contributed by atoms with E-state index in [1.54, 1.807) is 6.21 Å². The molecule has 0 bridgehead atoms. The number of nitrogens with one attached hydrogen (secondary N) is 2. The van der Waals surface area contributed by atoms with E-state index in [-0.39, 0.29) is 0 Å². The van der Waals surface area contributed by atoms with Gasteiger partial charge in [-0.1, -0.05) is 91.0 Å². The zero-order chi connectivity index (χ0) is 24.8. The molecular formula is C30H29N3O2S. The SMILES string of the molecule is S=C(NCCc1ccccc1)N/N=C\c1ccc(OCc2ccccc2)c(OCc2ccccc2)c1. The number of ether oxygens (including phenoxy) is 2. The summed E-state index contributed by atoms with van der Waals surface area (Å²) in [5.41, 5.74) is 7.17. The molecule has 0 fully saturated rings. The number of nitrogens with zero attached hydrogens (tertiary/aromatic N) is 1. The lowest BCUT2D eigenvalue weighted by atomic mass is 10.1. The number of rotatable bonds is 11. The molecule has 0 aliphatic heterocycles. The van der Waals surface area contributed by atoms with Crippen LogP contribution in [0.25, 0.3) is 0 Å². The Hall–Kier alpha value is -4.16. The van der Waals surface area contributed by atoms with Gasteiger partial charge in [-0.05, 0) is 59.1 Å². The summed E-state index contributed by atoms with van der Waals surface area (Å²) >= 11 is 5.33. The molecule has 0 aliphatic carbocycles. The van der Waals surface area contributed by atoms with Crippen LogP contribution >= 0.6 is 12.2 Å². The number of hydrogen-bond donors (Lipinski definition) is 2. The van der Waals surface area contributed by atoms with E-state index in [1.807, 2.05) is 97.1 Å². The second kappa shape index (κ2) is 13.7. The van der Waals surface area contributed by atoms with Gasteiger partial charge in [0.15, 0.2) is 16.6 Å². The Morgan fingerprint density at radius 1 is 0.694 bits per heavy atom. The van der Waals surface area contributed by atoms with E-state index in [4.69, 9.17) is 21.7 Å². The van der Waals surface area contributed by atoms with Gasteiger partial charge in [-0.15, -0.1) is 0 Å². The largest absolute Gasteiger partial charge is 0.485 e. The maximum Gasteiger partial charge on any atom is 0.186 e. The van der Waals surface area contributed by atoms with Gasteiger partial charge in [0.25, 0.3) is 0 Å². The van der Waals surface area contributed by atoms with Gasteiger partial charge in [0.2, 0.25) is 0 Å². The molecular weight excluding hydrogens is 466 g/mol. The van der Waals surface area contributed by atoms with Crippen LogP contribution in [0.15, 0.2) is 114 Å². The first-order valence-electron chi connectivity index (χ1n) is 11.8. The summed E-state index contributed by atoms with van der Waals surface area (Å²) in [5.74, 6) is 1.33. The smallest absolute Gasteiger partial charge is 0.186 e. The lowest BCUT2D eigenvalue weighted by molar-refractivity contribution is 0.256. The Morgan fingerprint density at radius 3 is 1.86 bits per heavy atom. The molecule has 4 aromatic carbocycles. The fourth-order valence-corrected chi connectivity index (χ4v) is 3.63. The highest BCUT2D eigenvalue weighted by molar-refractivity contribution is 7.80. The van der Waals surface area contributed by atoms with Crippen molar-refractivity contribution in [2.75, 3.05) is 6.54 Å². The van der Waals surface area contributed by atoms with Gasteiger partial charge in [-0.3, -0.25) is 5.43 Å². The molecule has 5 nitrogen and oxygen atoms in total. The van der Waals surface area contributed by atoms with Crippen LogP contribution in [0.5, 0.6) is 11.5 Å². The van der Waals surface area contributed by atoms with Crippen LogP contribution in [0.3, 0.4) is 0 Å². The van der Waals surface area contributed by atoms with Crippen LogP contribution in [0.2, 0.25) is 0 Å². The molecule has 36 heavy (non-hydrogen) atoms. The van der Waals surface area contributed by atoms with E-state index in [0.29, 0.717) is 29.8 Å². The van der Waals surface area contributed by atoms with Crippen molar-refractivity contribution in [2.45, 2.75) is 19.6 Å². The maximum absolute atomic E-state index is 6.13. The van der Waals surface area contributed by atoms with E-state index in [1.165, 1.54) is 5.56 Å². The number of hydrogen-bond acceptors (Lipinski definition) is 4. The highest BCUT2D eigenvalue weighted by Gasteiger charge is 2.08. The van der Waals surface area contributed by atoms with E-state index >= 15 is 0 Å². The molecule has 0 unspecified atom stereocenters. The molecule has 0 saturated heterocycles. The minimum atomic E-state index is 0.441. The predicted molar refractivity (Wildman–Crippen MR) is 149 cm³/mol. The van der Waals surface area contributed by atoms with Crippen molar-refractivity contribution in [3.05, 3.63) is 131 Å². The van der Waals surface area contributed by atoms with Crippen LogP contribution in [0.4, 0.5) is 0 Å². The molecule has 182 valence electrons. The molecule has 6 heteroatoms. The Morgan fingerprint density at radius 2 is 1.25 bits per heavy atom. The fourth-order valence-electron chi connectivity index (χ4n) is 3.48. The van der Waals surface area contributed by atoms with Gasteiger partial charge < -0.3 is 14.8 Å². The van der Waals surface area contributed by atoms with E-state index in [0.717, 1.165) is 29.7 Å². The quantitative estimate of drug-likeness (QED) is 0.154. The van der Waals surface area contributed by atoms with Crippen molar-refractivity contribution in [2.24, 2.45) is 5.10 Å². The van der Waals surface area contributed by atoms with E-state index in [9.17, 15) is 0 Å². The lowest BCUT2D eigenvalue weighted by Crippen LogP contribution is -2.33. The third-order valence-electron chi connectivity index (χ3n) is 5.36. The first kappa shape index (κ1) is 24.9. The summed E-state index contributed by atoms with van der Waals surface area (Å²) < 4.78 is 12.2. The average molecular weight is 496 g/mol. The number of thiocarbonyl (C=S) groups is 1. The summed E-state index contributed by atoms with van der Waals surface area (Å²) in [6.45, 7) is 1.63. The van der Waals surface area contributed by atoms with Gasteiger partial charge in [-0.25, -0.2) is 0 Å². The van der Waals surface area contributed by atoms with Crippen molar-refractivity contribution in [3.8, 4) is 11.5 Å². The molecule has 2 N–H and O–H groups in total. The van der Waals surface area contributed by atoms with E-state index in [2.05, 4.69) is 28.0 Å². The monoisotopic (exact) mass is 495 g/mol. The standard InChI is InChI=1S/C30H29N3O2S/c36-30(31-19-18-24-10-4-1-5-11-24)33-32-21-27-16-17-28(34-22-25-12-6-2-7-13-25)29(20-27)35-23-26-14-8-3-9-15-26/h1-17,20-21H,18-19,22-23H2,(H2,31,33,36)/b32-21-. The van der Waals surface area contributed by atoms with Crippen LogP contribution in [0.1, 0.15) is 22.3 Å². The topological polar surface area (TPSA) is 54.9 Å². The summed E-state index contributed by atoms with van der Waals surface area (Å²) in [6, 6.07) is 36.1. The van der Waals surface area contributed by atoms with Crippen molar-refractivity contribution in [1.82, 2.24) is 10.7 Å². The average Bonchev–Trinajstić information content (AvgIpc) is 2.93. The minimum absolute atomic E-state index is 0.441. The first-order valence-corrected chi connectivity index (χ1v) is 12.3. The molecule has 0 aromatic heterocycles. The molecule has 0 aliphatic rings. The molecule has 0 atom stereocenters. The molecule has 0 heterocycles. The van der Waals surface area contributed by atoms with Crippen molar-refractivity contribution < 1.29 is 9.47 Å². The van der Waals surface area contributed by atoms with Crippen LogP contribution in [0, 0.1) is 0 Å². The maximum atomic E-state index is 6.13. The molecule has 4 aromatic rings. The van der Waals surface area contributed by atoms with Gasteiger partial charge in [0, 0.05) is 6.54 Å². The summed E-state index contributed by atoms with van der Waals surface area (Å²) in [6.07, 6.45) is 2.60. The molecule has 0 spiro atoms. The van der Waals surface area contributed by atoms with Crippen molar-refractivity contribution >= 4 is 23.5 Å². The summed E-state index contributed by atoms with van der Waals surface area (Å²) in [7, 11) is 0. The first-order chi connectivity index (χ1) is 17.8. The van der Waals surface area contributed by atoms with Crippen molar-refractivity contribution in [1.29, 1.82) is 0 Å². The highest BCUT2D eigenvalue weighted by Crippen LogP contribution is 2.29. The van der Waals surface area contributed by atoms with Gasteiger partial charge in [0.1, 0.15) is 13.2 Å². The summed E-state index contributed by atoms with van der Waals surface area (Å²) in [4.78, 5) is 0. The zero-order valence-corrected chi connectivity index (χ0v) is 20.8. The predicted octanol–water partition coefficient (Wildman–Crippen LogP) is 5.89. The number of hydrazone groups is 1. The Kier molecular flexibility index (Phi) is 9.47. The molecule has 0 amide bonds. The zero-order valence-electron chi connectivity index (χ0n) is 20.0. The second-order valence-corrected chi connectivity index (χ2v) is 8.52. The molecule has 0 radical (unpaired) electrons. The summed E-state index contributed by atoms with van der Waals surface area (Å²) in [5, 5.41) is 7.92. The third-order valence-corrected chi connectivity index (χ3v) is 5.60. The van der Waals surface area contributed by atoms with Gasteiger partial charge >= 0.3 is 0 Å². The van der Waals surface area contributed by atoms with Gasteiger partial charge in [-0.2, -0.15) is 5.10 Å². The lowest BCUT2D eigenvalue weighted by Gasteiger charge is -2.14. The normalized spacial score (nSPS) is 10.7. The Balaban J connectivity index is 1.35.